The van der Waals surface area contributed by atoms with Crippen LogP contribution in [0.3, 0.4) is 0 Å². The van der Waals surface area contributed by atoms with Crippen LogP contribution in [-0.4, -0.2) is 24.0 Å². The van der Waals surface area contributed by atoms with Crippen molar-refractivity contribution in [2.45, 2.75) is 38.6 Å². The second-order valence-corrected chi connectivity index (χ2v) is 5.09. The highest BCUT2D eigenvalue weighted by Gasteiger charge is 2.14. The van der Waals surface area contributed by atoms with Crippen molar-refractivity contribution >= 4 is 11.7 Å². The zero-order valence-corrected chi connectivity index (χ0v) is 11.4. The molecule has 3 N–H and O–H groups in total. The minimum absolute atomic E-state index is 0.0103. The smallest absolute Gasteiger partial charge is 0.321 e. The summed E-state index contributed by atoms with van der Waals surface area (Å²) in [4.78, 5) is 14.1. The van der Waals surface area contributed by atoms with Gasteiger partial charge in [0.05, 0.1) is 0 Å². The third kappa shape index (κ3) is 4.24. The number of urea groups is 1. The Bertz CT molecular complexity index is 412. The largest absolute Gasteiger partial charge is 0.326 e. The Labute approximate surface area is 115 Å². The Kier molecular flexibility index (Phi) is 5.21. The van der Waals surface area contributed by atoms with E-state index in [1.54, 1.807) is 0 Å². The molecule has 0 unspecified atom stereocenters. The highest BCUT2D eigenvalue weighted by molar-refractivity contribution is 5.89. The summed E-state index contributed by atoms with van der Waals surface area (Å²) in [5.74, 6) is 0. The van der Waals surface area contributed by atoms with Crippen molar-refractivity contribution in [2.75, 3.05) is 18.4 Å². The van der Waals surface area contributed by atoms with Gasteiger partial charge in [0.15, 0.2) is 0 Å². The van der Waals surface area contributed by atoms with Crippen LogP contribution in [-0.2, 0) is 6.54 Å². The number of carbonyl (C=O) groups excluding carboxylic acids is 1. The molecule has 0 atom stereocenters. The number of likely N-dealkylation sites (tertiary alicyclic amines) is 1. The second-order valence-electron chi connectivity index (χ2n) is 5.09. The molecule has 1 aromatic rings. The molecule has 4 heteroatoms. The third-order valence-corrected chi connectivity index (χ3v) is 3.56. The summed E-state index contributed by atoms with van der Waals surface area (Å²) in [6.45, 7) is 2.22. The molecular weight excluding hydrogens is 238 g/mol. The number of nitrogens with two attached hydrogens (primary N) is 1. The van der Waals surface area contributed by atoms with E-state index >= 15 is 0 Å². The average molecular weight is 261 g/mol. The minimum atomic E-state index is 0.0103. The maximum absolute atomic E-state index is 12.2. The number of anilines is 1. The molecule has 4 nitrogen and oxygen atoms in total. The van der Waals surface area contributed by atoms with Crippen molar-refractivity contribution in [3.8, 4) is 0 Å². The number of benzene rings is 1. The van der Waals surface area contributed by atoms with Crippen molar-refractivity contribution in [2.24, 2.45) is 5.73 Å². The van der Waals surface area contributed by atoms with Crippen molar-refractivity contribution in [3.05, 3.63) is 29.8 Å². The van der Waals surface area contributed by atoms with E-state index in [0.29, 0.717) is 6.54 Å². The van der Waals surface area contributed by atoms with Crippen molar-refractivity contribution < 1.29 is 4.79 Å². The van der Waals surface area contributed by atoms with Gasteiger partial charge in [0.2, 0.25) is 0 Å². The lowest BCUT2D eigenvalue weighted by Crippen LogP contribution is -2.37. The van der Waals surface area contributed by atoms with Crippen LogP contribution in [0.2, 0.25) is 0 Å². The Morgan fingerprint density at radius 3 is 2.53 bits per heavy atom. The second kappa shape index (κ2) is 7.14. The molecule has 1 fully saturated rings. The summed E-state index contributed by atoms with van der Waals surface area (Å²) in [7, 11) is 0. The highest BCUT2D eigenvalue weighted by atomic mass is 16.2. The molecule has 0 spiro atoms. The average Bonchev–Trinajstić information content (AvgIpc) is 2.38. The third-order valence-electron chi connectivity index (χ3n) is 3.56. The molecule has 2 rings (SSSR count). The molecule has 0 saturated carbocycles. The number of nitrogens with one attached hydrogen (secondary N) is 1. The van der Waals surface area contributed by atoms with E-state index in [1.807, 2.05) is 29.2 Å². The number of nitrogens with zero attached hydrogens (tertiary/aromatic N) is 1. The van der Waals surface area contributed by atoms with Crippen LogP contribution < -0.4 is 11.1 Å². The first-order valence-corrected chi connectivity index (χ1v) is 7.14. The van der Waals surface area contributed by atoms with Crippen LogP contribution in [0.5, 0.6) is 0 Å². The van der Waals surface area contributed by atoms with Crippen LogP contribution in [0.25, 0.3) is 0 Å². The molecular formula is C15H23N3O. The summed E-state index contributed by atoms with van der Waals surface area (Å²) in [6.07, 6.45) is 5.97. The lowest BCUT2D eigenvalue weighted by molar-refractivity contribution is 0.206. The van der Waals surface area contributed by atoms with Gasteiger partial charge in [-0.1, -0.05) is 31.4 Å². The van der Waals surface area contributed by atoms with Crippen LogP contribution in [0.4, 0.5) is 10.5 Å². The maximum atomic E-state index is 12.2. The predicted octanol–water partition coefficient (Wildman–Crippen LogP) is 2.94. The molecule has 1 aliphatic rings. The van der Waals surface area contributed by atoms with Gasteiger partial charge < -0.3 is 16.0 Å². The fourth-order valence-electron chi connectivity index (χ4n) is 2.43. The number of hydrogen-bond donors (Lipinski definition) is 2. The number of rotatable bonds is 2. The van der Waals surface area contributed by atoms with E-state index in [4.69, 9.17) is 5.73 Å². The maximum Gasteiger partial charge on any atom is 0.321 e. The Morgan fingerprint density at radius 1 is 1.16 bits per heavy atom. The van der Waals surface area contributed by atoms with E-state index in [-0.39, 0.29) is 6.03 Å². The molecule has 19 heavy (non-hydrogen) atoms. The van der Waals surface area contributed by atoms with E-state index in [1.165, 1.54) is 19.3 Å². The van der Waals surface area contributed by atoms with Crippen molar-refractivity contribution in [1.82, 2.24) is 4.90 Å². The number of amides is 2. The van der Waals surface area contributed by atoms with Crippen LogP contribution in [0.15, 0.2) is 24.3 Å². The molecule has 1 aromatic carbocycles. The van der Waals surface area contributed by atoms with Gasteiger partial charge in [0.25, 0.3) is 0 Å². The van der Waals surface area contributed by atoms with Crippen LogP contribution in [0, 0.1) is 0 Å². The van der Waals surface area contributed by atoms with Crippen molar-refractivity contribution in [3.63, 3.8) is 0 Å². The summed E-state index contributed by atoms with van der Waals surface area (Å²) >= 11 is 0. The predicted molar refractivity (Wildman–Crippen MR) is 78.0 cm³/mol. The standard InChI is InChI=1S/C15H23N3O/c16-12-13-7-6-8-14(11-13)17-15(19)18-9-4-2-1-3-5-10-18/h6-8,11H,1-5,9-10,12,16H2,(H,17,19). The van der Waals surface area contributed by atoms with Gasteiger partial charge in [0, 0.05) is 25.3 Å². The SMILES string of the molecule is NCc1cccc(NC(=O)N2CCCCCCC2)c1. The summed E-state index contributed by atoms with van der Waals surface area (Å²) in [6, 6.07) is 7.73. The van der Waals surface area contributed by atoms with Gasteiger partial charge in [-0.05, 0) is 30.5 Å². The van der Waals surface area contributed by atoms with E-state index in [9.17, 15) is 4.79 Å². The summed E-state index contributed by atoms with van der Waals surface area (Å²) in [5, 5.41) is 2.97. The van der Waals surface area contributed by atoms with Gasteiger partial charge in [-0.25, -0.2) is 4.79 Å². The van der Waals surface area contributed by atoms with E-state index < -0.39 is 0 Å². The topological polar surface area (TPSA) is 58.4 Å². The molecule has 0 aromatic heterocycles. The minimum Gasteiger partial charge on any atom is -0.326 e. The zero-order valence-electron chi connectivity index (χ0n) is 11.4. The first-order valence-electron chi connectivity index (χ1n) is 7.14. The van der Waals surface area contributed by atoms with Gasteiger partial charge in [0.1, 0.15) is 0 Å². The molecule has 1 saturated heterocycles. The molecule has 1 heterocycles. The number of carbonyl (C=O) groups is 1. The Morgan fingerprint density at radius 2 is 1.84 bits per heavy atom. The molecule has 0 aliphatic carbocycles. The fourth-order valence-corrected chi connectivity index (χ4v) is 2.43. The lowest BCUT2D eigenvalue weighted by atomic mass is 10.1. The van der Waals surface area contributed by atoms with Gasteiger partial charge in [-0.3, -0.25) is 0 Å². The molecule has 0 radical (unpaired) electrons. The van der Waals surface area contributed by atoms with Crippen LogP contribution >= 0.6 is 0 Å². The van der Waals surface area contributed by atoms with Gasteiger partial charge >= 0.3 is 6.03 Å². The molecule has 104 valence electrons. The quantitative estimate of drug-likeness (QED) is 0.860. The van der Waals surface area contributed by atoms with Gasteiger partial charge in [-0.15, -0.1) is 0 Å². The monoisotopic (exact) mass is 261 g/mol. The molecule has 0 bridgehead atoms. The lowest BCUT2D eigenvalue weighted by Gasteiger charge is -2.25. The van der Waals surface area contributed by atoms with E-state index in [2.05, 4.69) is 5.32 Å². The van der Waals surface area contributed by atoms with E-state index in [0.717, 1.165) is 37.2 Å². The number of hydrogen-bond acceptors (Lipinski definition) is 2. The highest BCUT2D eigenvalue weighted by Crippen LogP contribution is 2.14. The summed E-state index contributed by atoms with van der Waals surface area (Å²) in [5.41, 5.74) is 7.47. The first-order chi connectivity index (χ1) is 9.29. The molecule has 2 amide bonds. The van der Waals surface area contributed by atoms with Crippen molar-refractivity contribution in [1.29, 1.82) is 0 Å². The molecule has 1 aliphatic heterocycles. The normalized spacial score (nSPS) is 16.6. The van der Waals surface area contributed by atoms with Crippen LogP contribution in [0.1, 0.15) is 37.7 Å². The summed E-state index contributed by atoms with van der Waals surface area (Å²) < 4.78 is 0. The first kappa shape index (κ1) is 13.9. The zero-order chi connectivity index (χ0) is 13.5. The van der Waals surface area contributed by atoms with Gasteiger partial charge in [-0.2, -0.15) is 0 Å². The fraction of sp³-hybridized carbons (Fsp3) is 0.533. The Hall–Kier alpha value is -1.55. The Balaban J connectivity index is 1.94.